The molecule has 0 saturated carbocycles. The van der Waals surface area contributed by atoms with Crippen molar-refractivity contribution in [2.75, 3.05) is 26.8 Å². The van der Waals surface area contributed by atoms with E-state index in [4.69, 9.17) is 9.47 Å². The van der Waals surface area contributed by atoms with E-state index in [1.54, 1.807) is 12.1 Å². The van der Waals surface area contributed by atoms with Gasteiger partial charge in [0.05, 0.1) is 13.2 Å². The highest BCUT2D eigenvalue weighted by Crippen LogP contribution is 2.22. The summed E-state index contributed by atoms with van der Waals surface area (Å²) < 4.78 is 24.5. The molecule has 0 bridgehead atoms. The third-order valence-electron chi connectivity index (χ3n) is 3.03. The Balaban J connectivity index is 0.00000127. The largest absolute Gasteiger partial charge is 0.483 e. The Labute approximate surface area is 138 Å². The van der Waals surface area contributed by atoms with Crippen molar-refractivity contribution in [1.29, 1.82) is 0 Å². The van der Waals surface area contributed by atoms with Gasteiger partial charge in [-0.3, -0.25) is 0 Å². The summed E-state index contributed by atoms with van der Waals surface area (Å²) in [5.74, 6) is 0.353. The molecule has 1 unspecified atom stereocenters. The van der Waals surface area contributed by atoms with E-state index in [1.807, 2.05) is 51.2 Å². The first-order valence-electron chi connectivity index (χ1n) is 7.99. The lowest BCUT2D eigenvalue weighted by Gasteiger charge is -2.20. The summed E-state index contributed by atoms with van der Waals surface area (Å²) in [6.07, 6.45) is -0.214. The topological polar surface area (TPSA) is 30.5 Å². The van der Waals surface area contributed by atoms with Crippen molar-refractivity contribution in [1.82, 2.24) is 5.32 Å². The fraction of sp³-hybridized carbons (Fsp3) is 0.368. The molecule has 0 radical (unpaired) electrons. The van der Waals surface area contributed by atoms with E-state index in [9.17, 15) is 4.39 Å². The van der Waals surface area contributed by atoms with Gasteiger partial charge in [-0.25, -0.2) is 4.39 Å². The van der Waals surface area contributed by atoms with E-state index in [0.717, 1.165) is 12.1 Å². The molecule has 2 rings (SSSR count). The zero-order chi connectivity index (χ0) is 16.9. The van der Waals surface area contributed by atoms with Gasteiger partial charge >= 0.3 is 0 Å². The van der Waals surface area contributed by atoms with E-state index < -0.39 is 0 Å². The molecule has 0 heterocycles. The summed E-state index contributed by atoms with van der Waals surface area (Å²) in [6.45, 7) is 5.85. The van der Waals surface area contributed by atoms with Gasteiger partial charge in [-0.05, 0) is 36.9 Å². The molecular formula is C19H26FNO2. The third kappa shape index (κ3) is 7.26. The molecule has 0 aliphatic carbocycles. The number of hydrogen-bond acceptors (Lipinski definition) is 3. The first-order chi connectivity index (χ1) is 11.3. The molecule has 1 N–H and O–H groups in total. The molecule has 3 nitrogen and oxygen atoms in total. The van der Waals surface area contributed by atoms with Crippen LogP contribution in [0.4, 0.5) is 4.39 Å². The quantitative estimate of drug-likeness (QED) is 0.739. The maximum Gasteiger partial charge on any atom is 0.147 e. The Morgan fingerprint density at radius 2 is 1.65 bits per heavy atom. The van der Waals surface area contributed by atoms with Gasteiger partial charge in [-0.1, -0.05) is 44.2 Å². The molecule has 0 aliphatic rings. The van der Waals surface area contributed by atoms with Gasteiger partial charge in [0.2, 0.25) is 0 Å². The van der Waals surface area contributed by atoms with Crippen LogP contribution in [0, 0.1) is 5.82 Å². The molecule has 0 aromatic heterocycles. The lowest BCUT2D eigenvalue weighted by atomic mass is 10.1. The molecule has 4 heteroatoms. The second kappa shape index (κ2) is 11.6. The lowest BCUT2D eigenvalue weighted by molar-refractivity contribution is 0.0513. The summed E-state index contributed by atoms with van der Waals surface area (Å²) in [4.78, 5) is 0. The van der Waals surface area contributed by atoms with Crippen molar-refractivity contribution in [3.8, 4) is 5.75 Å². The van der Waals surface area contributed by atoms with E-state index in [2.05, 4.69) is 5.32 Å². The molecule has 0 amide bonds. The maximum absolute atomic E-state index is 12.9. The van der Waals surface area contributed by atoms with E-state index in [1.165, 1.54) is 12.1 Å². The molecule has 2 aromatic rings. The highest BCUT2D eigenvalue weighted by Gasteiger charge is 2.13. The zero-order valence-electron chi connectivity index (χ0n) is 14.1. The molecule has 126 valence electrons. The van der Waals surface area contributed by atoms with Crippen LogP contribution < -0.4 is 10.1 Å². The van der Waals surface area contributed by atoms with Crippen LogP contribution in [0.5, 0.6) is 5.75 Å². The lowest BCUT2D eigenvalue weighted by Crippen LogP contribution is -2.19. The van der Waals surface area contributed by atoms with Crippen LogP contribution in [0.25, 0.3) is 0 Å². The Morgan fingerprint density at radius 3 is 2.26 bits per heavy atom. The third-order valence-corrected chi connectivity index (χ3v) is 3.03. The molecule has 0 fully saturated rings. The van der Waals surface area contributed by atoms with E-state index >= 15 is 0 Å². The van der Waals surface area contributed by atoms with Gasteiger partial charge in [0, 0.05) is 6.54 Å². The Bertz CT molecular complexity index is 517. The van der Waals surface area contributed by atoms with Gasteiger partial charge < -0.3 is 14.8 Å². The molecule has 2 aromatic carbocycles. The SMILES string of the molecule is CC.CNCCOCC(Oc1ccc(F)cc1)c1ccccc1. The number of benzene rings is 2. The normalized spacial score (nSPS) is 11.3. The van der Waals surface area contributed by atoms with Crippen LogP contribution >= 0.6 is 0 Å². The first kappa shape index (κ1) is 19.1. The minimum absolute atomic E-state index is 0.214. The Morgan fingerprint density at radius 1 is 1.00 bits per heavy atom. The number of nitrogens with one attached hydrogen (secondary N) is 1. The number of likely N-dealkylation sites (N-methyl/N-ethyl adjacent to an activating group) is 1. The van der Waals surface area contributed by atoms with Gasteiger partial charge in [0.15, 0.2) is 0 Å². The molecule has 0 spiro atoms. The standard InChI is InChI=1S/C17H20FNO2.C2H6/c1-19-11-12-20-13-17(14-5-3-2-4-6-14)21-16-9-7-15(18)8-10-16;1-2/h2-10,17,19H,11-13H2,1H3;1-2H3. The van der Waals surface area contributed by atoms with E-state index in [-0.39, 0.29) is 11.9 Å². The van der Waals surface area contributed by atoms with Gasteiger partial charge in [-0.2, -0.15) is 0 Å². The van der Waals surface area contributed by atoms with Crippen molar-refractivity contribution >= 4 is 0 Å². The fourth-order valence-corrected chi connectivity index (χ4v) is 1.91. The summed E-state index contributed by atoms with van der Waals surface area (Å²) in [5.41, 5.74) is 1.03. The summed E-state index contributed by atoms with van der Waals surface area (Å²) in [5, 5.41) is 3.03. The first-order valence-corrected chi connectivity index (χ1v) is 7.99. The van der Waals surface area contributed by atoms with Crippen molar-refractivity contribution in [2.45, 2.75) is 20.0 Å². The summed E-state index contributed by atoms with van der Waals surface area (Å²) in [6, 6.07) is 15.9. The number of hydrogen-bond donors (Lipinski definition) is 1. The average molecular weight is 319 g/mol. The highest BCUT2D eigenvalue weighted by molar-refractivity contribution is 5.25. The summed E-state index contributed by atoms with van der Waals surface area (Å²) >= 11 is 0. The minimum Gasteiger partial charge on any atom is -0.483 e. The predicted molar refractivity (Wildman–Crippen MR) is 92.3 cm³/mol. The van der Waals surface area contributed by atoms with Crippen LogP contribution in [-0.2, 0) is 4.74 Å². The van der Waals surface area contributed by atoms with Crippen molar-refractivity contribution in [3.63, 3.8) is 0 Å². The molecule has 0 aliphatic heterocycles. The molecule has 23 heavy (non-hydrogen) atoms. The van der Waals surface area contributed by atoms with Crippen molar-refractivity contribution in [3.05, 3.63) is 66.0 Å². The molecule has 0 saturated heterocycles. The molecular weight excluding hydrogens is 293 g/mol. The van der Waals surface area contributed by atoms with Gasteiger partial charge in [0.1, 0.15) is 17.7 Å². The zero-order valence-corrected chi connectivity index (χ0v) is 14.1. The second-order valence-electron chi connectivity index (χ2n) is 4.65. The van der Waals surface area contributed by atoms with Gasteiger partial charge in [-0.15, -0.1) is 0 Å². The van der Waals surface area contributed by atoms with Gasteiger partial charge in [0.25, 0.3) is 0 Å². The summed E-state index contributed by atoms with van der Waals surface area (Å²) in [7, 11) is 1.88. The van der Waals surface area contributed by atoms with Crippen molar-refractivity contribution in [2.24, 2.45) is 0 Å². The number of halogens is 1. The minimum atomic E-state index is -0.274. The van der Waals surface area contributed by atoms with Crippen LogP contribution in [-0.4, -0.2) is 26.8 Å². The average Bonchev–Trinajstić information content (AvgIpc) is 2.62. The Kier molecular flexibility index (Phi) is 9.68. The number of rotatable bonds is 8. The van der Waals surface area contributed by atoms with Crippen LogP contribution in [0.1, 0.15) is 25.5 Å². The fourth-order valence-electron chi connectivity index (χ4n) is 1.91. The van der Waals surface area contributed by atoms with Crippen LogP contribution in [0.15, 0.2) is 54.6 Å². The number of ether oxygens (including phenoxy) is 2. The Hall–Kier alpha value is -1.91. The second-order valence-corrected chi connectivity index (χ2v) is 4.65. The predicted octanol–water partition coefficient (Wildman–Crippen LogP) is 4.21. The maximum atomic E-state index is 12.9. The van der Waals surface area contributed by atoms with Crippen molar-refractivity contribution < 1.29 is 13.9 Å². The smallest absolute Gasteiger partial charge is 0.147 e. The monoisotopic (exact) mass is 319 g/mol. The van der Waals surface area contributed by atoms with E-state index in [0.29, 0.717) is 19.0 Å². The van der Waals surface area contributed by atoms with Crippen LogP contribution in [0.3, 0.4) is 0 Å². The molecule has 1 atom stereocenters. The highest BCUT2D eigenvalue weighted by atomic mass is 19.1. The van der Waals surface area contributed by atoms with Crippen LogP contribution in [0.2, 0.25) is 0 Å².